The Morgan fingerprint density at radius 2 is 2.03 bits per heavy atom. The Morgan fingerprint density at radius 1 is 1.29 bits per heavy atom. The standard InChI is InChI=1S/C25H29F3N6O/c1-32-13-17(12-30-32)14-33-8-6-24(7-9-33)16-34(15-22(24)23(35)31-19-3-4-19)20-5-2-18(11-29)21(10-20)25(26,27)28/h2,5,10,12-13,19,22H,3-4,6-9,14-16H2,1H3,(H,31,35). The number of carbonyl (C=O) groups excluding carboxylic acids is 1. The van der Waals surface area contributed by atoms with Crippen molar-refractivity contribution >= 4 is 11.6 Å². The van der Waals surface area contributed by atoms with Gasteiger partial charge in [-0.05, 0) is 57.0 Å². The molecule has 0 radical (unpaired) electrons. The number of likely N-dealkylation sites (tertiary alicyclic amines) is 1. The van der Waals surface area contributed by atoms with Crippen molar-refractivity contribution in [1.82, 2.24) is 20.0 Å². The smallest absolute Gasteiger partial charge is 0.370 e. The molecule has 1 aromatic heterocycles. The fraction of sp³-hybridized carbons (Fsp3) is 0.560. The fourth-order valence-corrected chi connectivity index (χ4v) is 5.59. The highest BCUT2D eigenvalue weighted by Gasteiger charge is 2.52. The molecule has 1 unspecified atom stereocenters. The van der Waals surface area contributed by atoms with Crippen LogP contribution in [0.1, 0.15) is 42.4 Å². The Labute approximate surface area is 202 Å². The first-order valence-electron chi connectivity index (χ1n) is 12.0. The topological polar surface area (TPSA) is 77.2 Å². The molecule has 186 valence electrons. The van der Waals surface area contributed by atoms with Gasteiger partial charge >= 0.3 is 6.18 Å². The zero-order chi connectivity index (χ0) is 24.8. The van der Waals surface area contributed by atoms with Crippen LogP contribution in [0.4, 0.5) is 18.9 Å². The summed E-state index contributed by atoms with van der Waals surface area (Å²) in [5.41, 5.74) is -0.0610. The number of hydrogen-bond donors (Lipinski definition) is 1. The number of aromatic nitrogens is 2. The average molecular weight is 487 g/mol. The lowest BCUT2D eigenvalue weighted by atomic mass is 9.70. The average Bonchev–Trinajstić information content (AvgIpc) is 3.42. The lowest BCUT2D eigenvalue weighted by Crippen LogP contribution is -2.48. The fourth-order valence-electron chi connectivity index (χ4n) is 5.59. The molecule has 1 aliphatic carbocycles. The van der Waals surface area contributed by atoms with Crippen LogP contribution >= 0.6 is 0 Å². The van der Waals surface area contributed by atoms with Gasteiger partial charge in [-0.3, -0.25) is 14.4 Å². The summed E-state index contributed by atoms with van der Waals surface area (Å²) in [6, 6.07) is 5.74. The number of amides is 1. The van der Waals surface area contributed by atoms with Crippen molar-refractivity contribution < 1.29 is 18.0 Å². The van der Waals surface area contributed by atoms with Gasteiger partial charge in [0.1, 0.15) is 0 Å². The van der Waals surface area contributed by atoms with E-state index in [1.165, 1.54) is 6.07 Å². The number of nitrogens with zero attached hydrogens (tertiary/aromatic N) is 5. The highest BCUT2D eigenvalue weighted by Crippen LogP contribution is 2.47. The van der Waals surface area contributed by atoms with Crippen molar-refractivity contribution in [3.63, 3.8) is 0 Å². The van der Waals surface area contributed by atoms with E-state index in [0.717, 1.165) is 56.9 Å². The SMILES string of the molecule is Cn1cc(CN2CCC3(CC2)CN(c2ccc(C#N)c(C(F)(F)F)c2)CC3C(=O)NC2CC2)cn1. The Bertz CT molecular complexity index is 1140. The van der Waals surface area contributed by atoms with E-state index in [4.69, 9.17) is 5.26 Å². The third-order valence-electron chi connectivity index (χ3n) is 7.70. The number of halogens is 3. The van der Waals surface area contributed by atoms with Gasteiger partial charge in [-0.15, -0.1) is 0 Å². The minimum Gasteiger partial charge on any atom is -0.370 e. The summed E-state index contributed by atoms with van der Waals surface area (Å²) in [7, 11) is 1.89. The maximum atomic E-state index is 13.6. The highest BCUT2D eigenvalue weighted by atomic mass is 19.4. The molecule has 1 atom stereocenters. The van der Waals surface area contributed by atoms with E-state index in [0.29, 0.717) is 18.8 Å². The Hall–Kier alpha value is -3.06. The first kappa shape index (κ1) is 23.7. The first-order chi connectivity index (χ1) is 16.7. The quantitative estimate of drug-likeness (QED) is 0.702. The summed E-state index contributed by atoms with van der Waals surface area (Å²) in [6.45, 7) is 3.33. The largest absolute Gasteiger partial charge is 0.417 e. The maximum absolute atomic E-state index is 13.6. The van der Waals surface area contributed by atoms with Gasteiger partial charge in [0.2, 0.25) is 5.91 Å². The Balaban J connectivity index is 1.37. The molecule has 3 heterocycles. The summed E-state index contributed by atoms with van der Waals surface area (Å²) < 4.78 is 42.5. The molecule has 2 aliphatic heterocycles. The van der Waals surface area contributed by atoms with Crippen molar-refractivity contribution in [2.24, 2.45) is 18.4 Å². The van der Waals surface area contributed by atoms with Gasteiger partial charge in [-0.25, -0.2) is 0 Å². The predicted molar refractivity (Wildman–Crippen MR) is 123 cm³/mol. The Morgan fingerprint density at radius 3 is 2.63 bits per heavy atom. The van der Waals surface area contributed by atoms with E-state index >= 15 is 0 Å². The van der Waals surface area contributed by atoms with Crippen molar-refractivity contribution in [1.29, 1.82) is 5.26 Å². The molecule has 1 amide bonds. The van der Waals surface area contributed by atoms with Crippen LogP contribution in [0.25, 0.3) is 0 Å². The normalized spacial score (nSPS) is 22.4. The van der Waals surface area contributed by atoms with Crippen LogP contribution in [0.2, 0.25) is 0 Å². The predicted octanol–water partition coefficient (Wildman–Crippen LogP) is 3.31. The molecular formula is C25H29F3N6O. The van der Waals surface area contributed by atoms with Gasteiger partial charge in [-0.1, -0.05) is 0 Å². The van der Waals surface area contributed by atoms with E-state index in [-0.39, 0.29) is 28.8 Å². The van der Waals surface area contributed by atoms with Gasteiger partial charge in [0.05, 0.1) is 29.3 Å². The third kappa shape index (κ3) is 4.87. The molecule has 10 heteroatoms. The van der Waals surface area contributed by atoms with E-state index in [2.05, 4.69) is 15.3 Å². The lowest BCUT2D eigenvalue weighted by molar-refractivity contribution is -0.137. The summed E-state index contributed by atoms with van der Waals surface area (Å²) in [5.74, 6) is -0.269. The number of rotatable bonds is 5. The number of alkyl halides is 3. The number of aryl methyl sites for hydroxylation is 1. The Kier molecular flexibility index (Phi) is 5.99. The molecule has 2 aromatic rings. The highest BCUT2D eigenvalue weighted by molar-refractivity contribution is 5.82. The second kappa shape index (κ2) is 8.86. The molecule has 1 spiro atoms. The van der Waals surface area contributed by atoms with E-state index in [1.54, 1.807) is 16.8 Å². The summed E-state index contributed by atoms with van der Waals surface area (Å²) >= 11 is 0. The molecule has 1 saturated carbocycles. The van der Waals surface area contributed by atoms with Crippen LogP contribution in [0, 0.1) is 22.7 Å². The molecule has 3 aliphatic rings. The van der Waals surface area contributed by atoms with Crippen LogP contribution in [-0.2, 0) is 24.6 Å². The summed E-state index contributed by atoms with van der Waals surface area (Å²) in [4.78, 5) is 17.5. The van der Waals surface area contributed by atoms with E-state index in [1.807, 2.05) is 24.3 Å². The molecule has 35 heavy (non-hydrogen) atoms. The number of carbonyl (C=O) groups is 1. The zero-order valence-corrected chi connectivity index (χ0v) is 19.7. The second-order valence-corrected chi connectivity index (χ2v) is 10.2. The minimum absolute atomic E-state index is 0.0143. The minimum atomic E-state index is -4.61. The van der Waals surface area contributed by atoms with Crippen molar-refractivity contribution in [2.45, 2.75) is 44.4 Å². The molecule has 1 N–H and O–H groups in total. The first-order valence-corrected chi connectivity index (χ1v) is 12.0. The molecular weight excluding hydrogens is 457 g/mol. The number of piperidine rings is 1. The van der Waals surface area contributed by atoms with Crippen LogP contribution in [-0.4, -0.2) is 52.8 Å². The number of anilines is 1. The third-order valence-corrected chi connectivity index (χ3v) is 7.70. The van der Waals surface area contributed by atoms with Crippen LogP contribution < -0.4 is 10.2 Å². The van der Waals surface area contributed by atoms with Crippen LogP contribution in [0.3, 0.4) is 0 Å². The monoisotopic (exact) mass is 486 g/mol. The van der Waals surface area contributed by atoms with Crippen molar-refractivity contribution in [3.8, 4) is 6.07 Å². The molecule has 5 rings (SSSR count). The summed E-state index contributed by atoms with van der Waals surface area (Å²) in [6.07, 6.45) is 2.81. The summed E-state index contributed by atoms with van der Waals surface area (Å²) in [5, 5.41) is 16.5. The van der Waals surface area contributed by atoms with Gasteiger partial charge < -0.3 is 10.2 Å². The van der Waals surface area contributed by atoms with Crippen LogP contribution in [0.5, 0.6) is 0 Å². The molecule has 0 bridgehead atoms. The molecule has 1 aromatic carbocycles. The molecule has 2 saturated heterocycles. The van der Waals surface area contributed by atoms with Gasteiger partial charge in [-0.2, -0.15) is 23.5 Å². The second-order valence-electron chi connectivity index (χ2n) is 10.2. The van der Waals surface area contributed by atoms with E-state index in [9.17, 15) is 18.0 Å². The number of benzene rings is 1. The zero-order valence-electron chi connectivity index (χ0n) is 19.7. The number of nitriles is 1. The van der Waals surface area contributed by atoms with Crippen molar-refractivity contribution in [2.75, 3.05) is 31.1 Å². The lowest BCUT2D eigenvalue weighted by Gasteiger charge is -2.42. The molecule has 3 fully saturated rings. The maximum Gasteiger partial charge on any atom is 0.417 e. The number of hydrogen-bond acceptors (Lipinski definition) is 5. The molecule has 7 nitrogen and oxygen atoms in total. The van der Waals surface area contributed by atoms with E-state index < -0.39 is 11.7 Å². The number of nitrogens with one attached hydrogen (secondary N) is 1. The van der Waals surface area contributed by atoms with Crippen LogP contribution in [0.15, 0.2) is 30.6 Å². The van der Waals surface area contributed by atoms with Gasteiger partial charge in [0.25, 0.3) is 0 Å². The van der Waals surface area contributed by atoms with Gasteiger partial charge in [0.15, 0.2) is 0 Å². The van der Waals surface area contributed by atoms with Crippen molar-refractivity contribution in [3.05, 3.63) is 47.3 Å². The van der Waals surface area contributed by atoms with Gasteiger partial charge in [0, 0.05) is 55.6 Å².